The molecule has 3 aromatic rings. The summed E-state index contributed by atoms with van der Waals surface area (Å²) in [6.07, 6.45) is 3.39. The van der Waals surface area contributed by atoms with Crippen LogP contribution in [0.15, 0.2) is 18.2 Å². The lowest BCUT2D eigenvalue weighted by atomic mass is 9.96. The Labute approximate surface area is 170 Å². The summed E-state index contributed by atoms with van der Waals surface area (Å²) in [5.41, 5.74) is 5.20. The second-order valence-corrected chi connectivity index (χ2v) is 9.14. The van der Waals surface area contributed by atoms with Crippen LogP contribution in [-0.4, -0.2) is 23.1 Å². The van der Waals surface area contributed by atoms with Crippen molar-refractivity contribution < 1.29 is 0 Å². The fourth-order valence-electron chi connectivity index (χ4n) is 3.90. The van der Waals surface area contributed by atoms with Gasteiger partial charge in [0.05, 0.1) is 5.39 Å². The number of aromatic nitrogens is 2. The predicted molar refractivity (Wildman–Crippen MR) is 117 cm³/mol. The van der Waals surface area contributed by atoms with Crippen LogP contribution in [0, 0.1) is 19.8 Å². The highest BCUT2D eigenvalue weighted by molar-refractivity contribution is 7.19. The zero-order chi connectivity index (χ0) is 19.1. The van der Waals surface area contributed by atoms with Gasteiger partial charge in [0.15, 0.2) is 0 Å². The molecule has 1 fully saturated rings. The summed E-state index contributed by atoms with van der Waals surface area (Å²) in [7, 11) is 0. The number of hydrogen-bond donors (Lipinski definition) is 0. The summed E-state index contributed by atoms with van der Waals surface area (Å²) in [6, 6.07) is 6.75. The van der Waals surface area contributed by atoms with Gasteiger partial charge in [0.25, 0.3) is 0 Å². The van der Waals surface area contributed by atoms with E-state index in [1.54, 1.807) is 11.3 Å². The van der Waals surface area contributed by atoms with E-state index in [9.17, 15) is 0 Å². The highest BCUT2D eigenvalue weighted by Crippen LogP contribution is 2.43. The number of fused-ring (bicyclic) bond motifs is 1. The van der Waals surface area contributed by atoms with Crippen molar-refractivity contribution in [3.8, 4) is 11.1 Å². The minimum absolute atomic E-state index is 0.353. The first-order valence-electron chi connectivity index (χ1n) is 9.79. The lowest BCUT2D eigenvalue weighted by Crippen LogP contribution is -2.33. The standard InChI is InChI=1S/C22H26ClN3S/c1-5-17-18(16-7-6-14(3)15(4)12-16)19-20(24-22(23)25-21(19)27-17)26-10-8-13(2)9-11-26/h6-7,12-13H,5,8-11H2,1-4H3. The number of hydrogen-bond acceptors (Lipinski definition) is 4. The monoisotopic (exact) mass is 399 g/mol. The largest absolute Gasteiger partial charge is 0.356 e. The van der Waals surface area contributed by atoms with Crippen molar-refractivity contribution in [1.29, 1.82) is 0 Å². The zero-order valence-electron chi connectivity index (χ0n) is 16.5. The molecule has 0 unspecified atom stereocenters. The molecule has 0 aliphatic carbocycles. The molecule has 0 N–H and O–H groups in total. The molecule has 3 nitrogen and oxygen atoms in total. The number of nitrogens with zero attached hydrogens (tertiary/aromatic N) is 3. The van der Waals surface area contributed by atoms with Crippen LogP contribution in [0.5, 0.6) is 0 Å². The van der Waals surface area contributed by atoms with Gasteiger partial charge in [-0.1, -0.05) is 32.0 Å². The Balaban J connectivity index is 1.95. The normalized spacial score (nSPS) is 15.7. The van der Waals surface area contributed by atoms with E-state index in [0.717, 1.165) is 36.1 Å². The maximum atomic E-state index is 6.33. The second-order valence-electron chi connectivity index (χ2n) is 7.72. The van der Waals surface area contributed by atoms with Crippen molar-refractivity contribution in [2.45, 2.75) is 47.0 Å². The van der Waals surface area contributed by atoms with Gasteiger partial charge in [0.2, 0.25) is 5.28 Å². The van der Waals surface area contributed by atoms with Crippen LogP contribution in [0.25, 0.3) is 21.3 Å². The predicted octanol–water partition coefficient (Wildman–Crippen LogP) is 6.43. The van der Waals surface area contributed by atoms with E-state index in [2.05, 4.69) is 55.8 Å². The molecule has 1 saturated heterocycles. The van der Waals surface area contributed by atoms with Gasteiger partial charge in [0, 0.05) is 23.5 Å². The maximum Gasteiger partial charge on any atom is 0.225 e. The highest BCUT2D eigenvalue weighted by Gasteiger charge is 2.25. The molecule has 1 aliphatic heterocycles. The molecule has 0 atom stereocenters. The molecule has 3 heterocycles. The molecular weight excluding hydrogens is 374 g/mol. The van der Waals surface area contributed by atoms with Crippen LogP contribution in [0.2, 0.25) is 5.28 Å². The molecule has 0 radical (unpaired) electrons. The van der Waals surface area contributed by atoms with Crippen molar-refractivity contribution in [2.75, 3.05) is 18.0 Å². The van der Waals surface area contributed by atoms with Crippen LogP contribution in [0.4, 0.5) is 5.82 Å². The fourth-order valence-corrected chi connectivity index (χ4v) is 5.25. The second kappa shape index (κ2) is 7.40. The van der Waals surface area contributed by atoms with Crippen molar-refractivity contribution in [3.63, 3.8) is 0 Å². The third kappa shape index (κ3) is 3.45. The van der Waals surface area contributed by atoms with Gasteiger partial charge in [-0.2, -0.15) is 4.98 Å². The van der Waals surface area contributed by atoms with Gasteiger partial charge in [-0.3, -0.25) is 0 Å². The minimum Gasteiger partial charge on any atom is -0.356 e. The van der Waals surface area contributed by atoms with E-state index in [4.69, 9.17) is 16.6 Å². The number of rotatable bonds is 3. The summed E-state index contributed by atoms with van der Waals surface area (Å²) in [5.74, 6) is 1.79. The molecule has 0 bridgehead atoms. The number of halogens is 1. The molecule has 0 amide bonds. The minimum atomic E-state index is 0.353. The number of thiophene rings is 1. The zero-order valence-corrected chi connectivity index (χ0v) is 18.0. The van der Waals surface area contributed by atoms with Gasteiger partial charge in [-0.05, 0) is 67.3 Å². The van der Waals surface area contributed by atoms with Crippen molar-refractivity contribution in [3.05, 3.63) is 39.5 Å². The number of piperidine rings is 1. The Morgan fingerprint density at radius 2 is 1.89 bits per heavy atom. The lowest BCUT2D eigenvalue weighted by Gasteiger charge is -2.31. The van der Waals surface area contributed by atoms with Gasteiger partial charge in [-0.15, -0.1) is 11.3 Å². The third-order valence-corrected chi connectivity index (χ3v) is 7.18. The summed E-state index contributed by atoms with van der Waals surface area (Å²) >= 11 is 8.09. The number of aryl methyl sites for hydroxylation is 3. The molecule has 0 spiro atoms. The first-order valence-corrected chi connectivity index (χ1v) is 11.0. The smallest absolute Gasteiger partial charge is 0.225 e. The number of benzene rings is 1. The van der Waals surface area contributed by atoms with E-state index < -0.39 is 0 Å². The highest BCUT2D eigenvalue weighted by atomic mass is 35.5. The summed E-state index contributed by atoms with van der Waals surface area (Å²) in [4.78, 5) is 14.1. The lowest BCUT2D eigenvalue weighted by molar-refractivity contribution is 0.437. The molecule has 1 aromatic carbocycles. The van der Waals surface area contributed by atoms with Crippen LogP contribution in [-0.2, 0) is 6.42 Å². The Bertz CT molecular complexity index is 987. The van der Waals surface area contributed by atoms with E-state index in [-0.39, 0.29) is 0 Å². The molecule has 4 rings (SSSR count). The molecule has 2 aromatic heterocycles. The topological polar surface area (TPSA) is 29.0 Å². The first kappa shape index (κ1) is 18.7. The number of anilines is 1. The Kier molecular flexibility index (Phi) is 5.13. The molecule has 1 aliphatic rings. The fraction of sp³-hybridized carbons (Fsp3) is 0.455. The Morgan fingerprint density at radius 1 is 1.15 bits per heavy atom. The van der Waals surface area contributed by atoms with Gasteiger partial charge < -0.3 is 4.90 Å². The van der Waals surface area contributed by atoms with Crippen LogP contribution >= 0.6 is 22.9 Å². The van der Waals surface area contributed by atoms with Crippen LogP contribution in [0.3, 0.4) is 0 Å². The van der Waals surface area contributed by atoms with Gasteiger partial charge >= 0.3 is 0 Å². The third-order valence-electron chi connectivity index (χ3n) is 5.78. The average molecular weight is 400 g/mol. The summed E-state index contributed by atoms with van der Waals surface area (Å²) < 4.78 is 0. The summed E-state index contributed by atoms with van der Waals surface area (Å²) in [6.45, 7) is 11.0. The van der Waals surface area contributed by atoms with E-state index >= 15 is 0 Å². The Morgan fingerprint density at radius 3 is 2.56 bits per heavy atom. The van der Waals surface area contributed by atoms with Crippen molar-refractivity contribution >= 4 is 39.0 Å². The molecule has 27 heavy (non-hydrogen) atoms. The van der Waals surface area contributed by atoms with Crippen molar-refractivity contribution in [2.24, 2.45) is 5.92 Å². The van der Waals surface area contributed by atoms with Crippen molar-refractivity contribution in [1.82, 2.24) is 9.97 Å². The Hall–Kier alpha value is -1.65. The van der Waals surface area contributed by atoms with Crippen LogP contribution in [0.1, 0.15) is 42.7 Å². The van der Waals surface area contributed by atoms with Gasteiger partial charge in [-0.25, -0.2) is 4.98 Å². The molecule has 142 valence electrons. The SMILES string of the molecule is CCc1sc2nc(Cl)nc(N3CCC(C)CC3)c2c1-c1ccc(C)c(C)c1. The first-order chi connectivity index (χ1) is 13.0. The average Bonchev–Trinajstić information content (AvgIpc) is 3.02. The van der Waals surface area contributed by atoms with E-state index in [0.29, 0.717) is 5.28 Å². The van der Waals surface area contributed by atoms with E-state index in [1.807, 2.05) is 0 Å². The summed E-state index contributed by atoms with van der Waals surface area (Å²) in [5, 5.41) is 1.53. The van der Waals surface area contributed by atoms with Gasteiger partial charge in [0.1, 0.15) is 10.6 Å². The van der Waals surface area contributed by atoms with E-state index in [1.165, 1.54) is 45.4 Å². The molecule has 0 saturated carbocycles. The molecule has 5 heteroatoms. The quantitative estimate of drug-likeness (QED) is 0.475. The maximum absolute atomic E-state index is 6.33. The molecular formula is C22H26ClN3S. The van der Waals surface area contributed by atoms with Crippen LogP contribution < -0.4 is 4.90 Å².